The van der Waals surface area contributed by atoms with E-state index in [1.165, 1.54) is 6.07 Å². The highest BCUT2D eigenvalue weighted by Crippen LogP contribution is 2.26. The molecule has 0 spiro atoms. The monoisotopic (exact) mass is 285 g/mol. The van der Waals surface area contributed by atoms with Crippen LogP contribution in [0.2, 0.25) is 0 Å². The van der Waals surface area contributed by atoms with Crippen LogP contribution in [0.5, 0.6) is 0 Å². The van der Waals surface area contributed by atoms with Crippen LogP contribution in [0.4, 0.5) is 8.78 Å². The summed E-state index contributed by atoms with van der Waals surface area (Å²) in [5, 5.41) is 0.940. The first-order valence-electron chi connectivity index (χ1n) is 4.99. The third-order valence-corrected chi connectivity index (χ3v) is 2.98. The first-order valence-corrected chi connectivity index (χ1v) is 5.78. The first-order chi connectivity index (χ1) is 7.61. The Kier molecular flexibility index (Phi) is 3.19. The molecule has 0 amide bonds. The molecule has 0 radical (unpaired) electrons. The Morgan fingerprint density at radius 2 is 2.06 bits per heavy atom. The summed E-state index contributed by atoms with van der Waals surface area (Å²) < 4.78 is 26.1. The number of hydrogen-bond donors (Lipinski definition) is 0. The summed E-state index contributed by atoms with van der Waals surface area (Å²) in [4.78, 5) is 3.96. The van der Waals surface area contributed by atoms with Gasteiger partial charge in [0.2, 0.25) is 0 Å². The maximum atomic E-state index is 12.6. The number of aromatic nitrogens is 1. The number of pyridine rings is 1. The molecule has 0 N–H and O–H groups in total. The highest BCUT2D eigenvalue weighted by molar-refractivity contribution is 9.10. The standard InChI is InChI=1S/C12H10BrF2N/c1-2-7-5-11(12(14)15)16-10-6-8(13)3-4-9(7)10/h3-6,12H,2H2,1H3. The Balaban J connectivity index is 2.73. The first kappa shape index (κ1) is 11.5. The lowest BCUT2D eigenvalue weighted by atomic mass is 10.1. The molecule has 0 saturated heterocycles. The second-order valence-corrected chi connectivity index (χ2v) is 4.44. The van der Waals surface area contributed by atoms with Gasteiger partial charge in [-0.15, -0.1) is 0 Å². The van der Waals surface area contributed by atoms with Crippen LogP contribution < -0.4 is 0 Å². The lowest BCUT2D eigenvalue weighted by Crippen LogP contribution is -1.95. The smallest absolute Gasteiger partial charge is 0.247 e. The van der Waals surface area contributed by atoms with Crippen molar-refractivity contribution in [3.05, 3.63) is 40.0 Å². The molecule has 0 bridgehead atoms. The van der Waals surface area contributed by atoms with Crippen molar-refractivity contribution >= 4 is 26.8 Å². The van der Waals surface area contributed by atoms with E-state index in [9.17, 15) is 8.78 Å². The molecule has 2 aromatic rings. The molecule has 0 unspecified atom stereocenters. The van der Waals surface area contributed by atoms with Gasteiger partial charge >= 0.3 is 0 Å². The van der Waals surface area contributed by atoms with E-state index in [1.54, 1.807) is 6.07 Å². The number of aryl methyl sites for hydroxylation is 1. The Labute approximate surface area is 101 Å². The van der Waals surface area contributed by atoms with E-state index in [-0.39, 0.29) is 5.69 Å². The number of fused-ring (bicyclic) bond motifs is 1. The van der Waals surface area contributed by atoms with E-state index >= 15 is 0 Å². The summed E-state index contributed by atoms with van der Waals surface area (Å²) in [5.41, 5.74) is 1.37. The van der Waals surface area contributed by atoms with Crippen molar-refractivity contribution < 1.29 is 8.78 Å². The fourth-order valence-corrected chi connectivity index (χ4v) is 2.05. The van der Waals surface area contributed by atoms with Crippen LogP contribution in [-0.2, 0) is 6.42 Å². The summed E-state index contributed by atoms with van der Waals surface area (Å²) >= 11 is 3.31. The van der Waals surface area contributed by atoms with Gasteiger partial charge in [-0.2, -0.15) is 0 Å². The van der Waals surface area contributed by atoms with Crippen LogP contribution in [0.3, 0.4) is 0 Å². The Bertz CT molecular complexity index is 526. The van der Waals surface area contributed by atoms with Crippen LogP contribution in [0, 0.1) is 0 Å². The number of hydrogen-bond acceptors (Lipinski definition) is 1. The van der Waals surface area contributed by atoms with E-state index in [0.29, 0.717) is 5.52 Å². The lowest BCUT2D eigenvalue weighted by molar-refractivity contribution is 0.146. The molecule has 2 rings (SSSR count). The van der Waals surface area contributed by atoms with Gasteiger partial charge < -0.3 is 0 Å². The van der Waals surface area contributed by atoms with Gasteiger partial charge in [-0.25, -0.2) is 13.8 Å². The van der Waals surface area contributed by atoms with E-state index < -0.39 is 6.43 Å². The van der Waals surface area contributed by atoms with Gasteiger partial charge in [0.15, 0.2) is 0 Å². The summed E-state index contributed by atoms with van der Waals surface area (Å²) in [6, 6.07) is 7.05. The van der Waals surface area contributed by atoms with Crippen molar-refractivity contribution in [2.45, 2.75) is 19.8 Å². The average molecular weight is 286 g/mol. The maximum Gasteiger partial charge on any atom is 0.280 e. The van der Waals surface area contributed by atoms with Gasteiger partial charge in [-0.05, 0) is 30.2 Å². The second kappa shape index (κ2) is 4.45. The molecular weight excluding hydrogens is 276 g/mol. The molecule has 16 heavy (non-hydrogen) atoms. The van der Waals surface area contributed by atoms with E-state index in [4.69, 9.17) is 0 Å². The Hall–Kier alpha value is -1.03. The third-order valence-electron chi connectivity index (χ3n) is 2.48. The Morgan fingerprint density at radius 1 is 1.31 bits per heavy atom. The molecule has 0 aliphatic rings. The van der Waals surface area contributed by atoms with Crippen molar-refractivity contribution in [1.82, 2.24) is 4.98 Å². The van der Waals surface area contributed by atoms with E-state index in [2.05, 4.69) is 20.9 Å². The van der Waals surface area contributed by atoms with Crippen molar-refractivity contribution in [1.29, 1.82) is 0 Å². The van der Waals surface area contributed by atoms with Crippen LogP contribution in [0.15, 0.2) is 28.7 Å². The van der Waals surface area contributed by atoms with Gasteiger partial charge in [0.05, 0.1) is 5.52 Å². The molecule has 1 heterocycles. The molecule has 0 saturated carbocycles. The zero-order valence-corrected chi connectivity index (χ0v) is 10.3. The molecule has 1 nitrogen and oxygen atoms in total. The van der Waals surface area contributed by atoms with E-state index in [0.717, 1.165) is 21.8 Å². The summed E-state index contributed by atoms with van der Waals surface area (Å²) in [5.74, 6) is 0. The molecule has 1 aromatic heterocycles. The zero-order valence-electron chi connectivity index (χ0n) is 8.67. The number of halogens is 3. The van der Waals surface area contributed by atoms with Crippen LogP contribution in [0.1, 0.15) is 24.6 Å². The fraction of sp³-hybridized carbons (Fsp3) is 0.250. The van der Waals surface area contributed by atoms with Crippen LogP contribution in [0.25, 0.3) is 10.9 Å². The second-order valence-electron chi connectivity index (χ2n) is 3.52. The van der Waals surface area contributed by atoms with Crippen molar-refractivity contribution in [3.63, 3.8) is 0 Å². The van der Waals surface area contributed by atoms with Crippen molar-refractivity contribution in [2.75, 3.05) is 0 Å². The minimum absolute atomic E-state index is 0.151. The van der Waals surface area contributed by atoms with Gasteiger partial charge in [-0.3, -0.25) is 0 Å². The number of nitrogens with zero attached hydrogens (tertiary/aromatic N) is 1. The summed E-state index contributed by atoms with van der Waals surface area (Å²) in [6.07, 6.45) is -1.80. The molecule has 0 atom stereocenters. The number of alkyl halides is 2. The van der Waals surface area contributed by atoms with Gasteiger partial charge in [0, 0.05) is 9.86 Å². The van der Waals surface area contributed by atoms with E-state index in [1.807, 2.05) is 19.1 Å². The molecule has 1 aromatic carbocycles. The fourth-order valence-electron chi connectivity index (χ4n) is 1.70. The predicted octanol–water partition coefficient (Wildman–Crippen LogP) is 4.50. The predicted molar refractivity (Wildman–Crippen MR) is 63.8 cm³/mol. The number of rotatable bonds is 2. The third kappa shape index (κ3) is 2.07. The average Bonchev–Trinajstić information content (AvgIpc) is 2.26. The zero-order chi connectivity index (χ0) is 11.7. The quantitative estimate of drug-likeness (QED) is 0.792. The van der Waals surface area contributed by atoms with Gasteiger partial charge in [0.25, 0.3) is 6.43 Å². The molecule has 0 aliphatic carbocycles. The summed E-state index contributed by atoms with van der Waals surface area (Å²) in [6.45, 7) is 1.95. The normalized spacial score (nSPS) is 11.3. The van der Waals surface area contributed by atoms with Crippen LogP contribution >= 0.6 is 15.9 Å². The van der Waals surface area contributed by atoms with Crippen LogP contribution in [-0.4, -0.2) is 4.98 Å². The molecular formula is C12H10BrF2N. The minimum atomic E-state index is -2.52. The summed E-state index contributed by atoms with van der Waals surface area (Å²) in [7, 11) is 0. The molecule has 0 fully saturated rings. The maximum absolute atomic E-state index is 12.6. The van der Waals surface area contributed by atoms with Gasteiger partial charge in [0.1, 0.15) is 5.69 Å². The lowest BCUT2D eigenvalue weighted by Gasteiger charge is -2.07. The number of benzene rings is 1. The Morgan fingerprint density at radius 3 is 2.69 bits per heavy atom. The topological polar surface area (TPSA) is 12.9 Å². The largest absolute Gasteiger partial charge is 0.280 e. The minimum Gasteiger partial charge on any atom is -0.247 e. The SMILES string of the molecule is CCc1cc(C(F)F)nc2cc(Br)ccc12. The molecule has 84 valence electrons. The highest BCUT2D eigenvalue weighted by atomic mass is 79.9. The van der Waals surface area contributed by atoms with Gasteiger partial charge in [-0.1, -0.05) is 28.9 Å². The van der Waals surface area contributed by atoms with Crippen molar-refractivity contribution in [3.8, 4) is 0 Å². The molecule has 0 aliphatic heterocycles. The molecule has 4 heteroatoms. The van der Waals surface area contributed by atoms with Crippen molar-refractivity contribution in [2.24, 2.45) is 0 Å². The highest BCUT2D eigenvalue weighted by Gasteiger charge is 2.12.